The van der Waals surface area contributed by atoms with E-state index in [0.29, 0.717) is 70.8 Å². The molecular weight excluding hydrogens is 676 g/mol. The highest BCUT2D eigenvalue weighted by Gasteiger charge is 2.34. The second-order valence-corrected chi connectivity index (χ2v) is 14.8. The fourth-order valence-corrected chi connectivity index (χ4v) is 7.47. The van der Waals surface area contributed by atoms with Gasteiger partial charge in [0.2, 0.25) is 5.91 Å². The minimum Gasteiger partial charge on any atom is -0.492 e. The topological polar surface area (TPSA) is 178 Å². The number of carbonyl (C=O) groups excluding carboxylic acids is 1. The first kappa shape index (κ1) is 38.0. The zero-order valence-corrected chi connectivity index (χ0v) is 29.9. The van der Waals surface area contributed by atoms with Gasteiger partial charge in [-0.2, -0.15) is 0 Å². The molecule has 53 heavy (non-hydrogen) atoms. The van der Waals surface area contributed by atoms with E-state index in [1.165, 1.54) is 0 Å². The van der Waals surface area contributed by atoms with E-state index >= 15 is 0 Å². The number of carboxylic acids is 3. The third-order valence-corrected chi connectivity index (χ3v) is 11.1. The van der Waals surface area contributed by atoms with Crippen LogP contribution >= 0.6 is 0 Å². The molecule has 3 aliphatic heterocycles. The number of rotatable bonds is 20. The summed E-state index contributed by atoms with van der Waals surface area (Å²) in [7, 11) is 0. The highest BCUT2D eigenvalue weighted by Crippen LogP contribution is 2.26. The van der Waals surface area contributed by atoms with Gasteiger partial charge in [0, 0.05) is 45.8 Å². The lowest BCUT2D eigenvalue weighted by Gasteiger charge is -2.32. The summed E-state index contributed by atoms with van der Waals surface area (Å²) in [6, 6.07) is 22.8. The number of nitrogens with one attached hydrogen (secondary N) is 3. The van der Waals surface area contributed by atoms with Crippen molar-refractivity contribution in [2.75, 3.05) is 52.4 Å². The van der Waals surface area contributed by atoms with E-state index < -0.39 is 35.7 Å². The van der Waals surface area contributed by atoms with Crippen LogP contribution in [-0.2, 0) is 51.4 Å². The molecule has 3 unspecified atom stereocenters. The van der Waals surface area contributed by atoms with Gasteiger partial charge in [0.15, 0.2) is 0 Å². The summed E-state index contributed by atoms with van der Waals surface area (Å²) in [6.45, 7) is 4.93. The van der Waals surface area contributed by atoms with Crippen LogP contribution in [0.1, 0.15) is 27.8 Å². The number of benzene rings is 3. The molecule has 0 aliphatic carbocycles. The monoisotopic (exact) mass is 726 g/mol. The molecule has 0 aromatic heterocycles. The molecule has 3 aromatic rings. The molecule has 1 amide bonds. The number of aliphatic carboxylic acids is 3. The Morgan fingerprint density at radius 1 is 0.604 bits per heavy atom. The first-order valence-electron chi connectivity index (χ1n) is 18.6. The number of nitrogens with zero attached hydrogens (tertiary/aromatic N) is 1. The van der Waals surface area contributed by atoms with Crippen molar-refractivity contribution in [3.63, 3.8) is 0 Å². The summed E-state index contributed by atoms with van der Waals surface area (Å²) in [5.74, 6) is -3.14. The smallest absolute Gasteiger partial charge is 0.307 e. The number of amides is 1. The zero-order chi connectivity index (χ0) is 37.3. The normalized spacial score (nSPS) is 17.7. The Hall–Kier alpha value is -4.78. The van der Waals surface area contributed by atoms with Crippen molar-refractivity contribution >= 4 is 23.8 Å². The molecule has 12 nitrogen and oxygen atoms in total. The van der Waals surface area contributed by atoms with Gasteiger partial charge in [-0.05, 0) is 77.0 Å². The predicted molar refractivity (Wildman–Crippen MR) is 198 cm³/mol. The molecule has 3 aliphatic rings. The first-order valence-corrected chi connectivity index (χ1v) is 18.6. The van der Waals surface area contributed by atoms with E-state index in [0.717, 1.165) is 27.8 Å². The minimum atomic E-state index is -0.812. The number of hydrogen-bond acceptors (Lipinski definition) is 8. The fraction of sp³-hybridized carbons (Fsp3) is 0.463. The highest BCUT2D eigenvalue weighted by atomic mass is 16.5. The molecule has 3 aromatic carbocycles. The Bertz CT molecular complexity index is 1750. The fourth-order valence-electron chi connectivity index (χ4n) is 7.47. The first-order chi connectivity index (χ1) is 25.6. The van der Waals surface area contributed by atoms with Gasteiger partial charge in [0.25, 0.3) is 0 Å². The molecule has 0 spiro atoms. The summed E-state index contributed by atoms with van der Waals surface area (Å²) < 4.78 is 6.14. The summed E-state index contributed by atoms with van der Waals surface area (Å²) in [6.07, 6.45) is 1.33. The van der Waals surface area contributed by atoms with Crippen LogP contribution in [0.5, 0.6) is 5.75 Å². The number of hydrogen-bond donors (Lipinski definition) is 6. The molecule has 3 saturated heterocycles. The Morgan fingerprint density at radius 2 is 1.02 bits per heavy atom. The predicted octanol–water partition coefficient (Wildman–Crippen LogP) is 2.73. The van der Waals surface area contributed by atoms with Gasteiger partial charge in [-0.1, -0.05) is 60.7 Å². The van der Waals surface area contributed by atoms with Crippen molar-refractivity contribution < 1.29 is 39.2 Å². The lowest BCUT2D eigenvalue weighted by molar-refractivity contribution is -0.145. The molecule has 0 saturated carbocycles. The van der Waals surface area contributed by atoms with Crippen molar-refractivity contribution in [1.29, 1.82) is 0 Å². The largest absolute Gasteiger partial charge is 0.492 e. The van der Waals surface area contributed by atoms with Crippen molar-refractivity contribution in [3.8, 4) is 5.75 Å². The maximum Gasteiger partial charge on any atom is 0.307 e. The Kier molecular flexibility index (Phi) is 12.8. The van der Waals surface area contributed by atoms with Gasteiger partial charge in [-0.25, -0.2) is 0 Å². The summed E-state index contributed by atoms with van der Waals surface area (Å²) in [5, 5.41) is 39.0. The van der Waals surface area contributed by atoms with E-state index in [4.69, 9.17) is 4.74 Å². The summed E-state index contributed by atoms with van der Waals surface area (Å²) in [5.41, 5.74) is 4.34. The quantitative estimate of drug-likeness (QED) is 0.101. The van der Waals surface area contributed by atoms with Crippen LogP contribution in [-0.4, -0.2) is 96.5 Å². The van der Waals surface area contributed by atoms with Crippen LogP contribution in [0.4, 0.5) is 0 Å². The summed E-state index contributed by atoms with van der Waals surface area (Å²) in [4.78, 5) is 51.8. The minimum absolute atomic E-state index is 0.0829. The third kappa shape index (κ3) is 10.2. The molecular formula is C41H50N4O8. The number of carboxylic acid groups (broad SMARTS) is 3. The van der Waals surface area contributed by atoms with Crippen molar-refractivity contribution in [2.24, 2.45) is 35.5 Å². The van der Waals surface area contributed by atoms with E-state index in [-0.39, 0.29) is 43.2 Å². The van der Waals surface area contributed by atoms with E-state index in [9.17, 15) is 34.5 Å². The highest BCUT2D eigenvalue weighted by molar-refractivity contribution is 5.79. The van der Waals surface area contributed by atoms with E-state index in [1.807, 2.05) is 72.8 Å². The van der Waals surface area contributed by atoms with E-state index in [2.05, 4.69) is 16.0 Å². The summed E-state index contributed by atoms with van der Waals surface area (Å²) >= 11 is 0. The average Bonchev–Trinajstić information content (AvgIpc) is 3.05. The second kappa shape index (κ2) is 17.8. The van der Waals surface area contributed by atoms with Crippen LogP contribution in [0.25, 0.3) is 0 Å². The van der Waals surface area contributed by atoms with E-state index in [1.54, 1.807) is 4.90 Å². The molecule has 3 atom stereocenters. The van der Waals surface area contributed by atoms with Crippen LogP contribution in [0.3, 0.4) is 0 Å². The molecule has 0 bridgehead atoms. The Balaban J connectivity index is 1.14. The van der Waals surface area contributed by atoms with Crippen LogP contribution in [0.2, 0.25) is 0 Å². The number of carbonyl (C=O) groups is 4. The maximum atomic E-state index is 14.0. The van der Waals surface area contributed by atoms with Crippen LogP contribution < -0.4 is 20.7 Å². The molecule has 282 valence electrons. The van der Waals surface area contributed by atoms with Crippen molar-refractivity contribution in [1.82, 2.24) is 20.9 Å². The standard InChI is InChI=1S/C41H50N4O8/c46-38(18-28-6-1-4-26(12-28)15-35(39(47)48)31-19-42-20-31)45(25-30-8-2-5-27(13-30)16-36(40(49)50)32-21-43-22-32)10-11-53-34-9-3-7-29(14-34)17-37(41(51)52)33-23-44-24-33/h1-9,12-14,31-33,35-37,42-44H,10-11,15-25H2,(H,47,48)(H,49,50)(H,51,52). The maximum absolute atomic E-state index is 14.0. The van der Waals surface area contributed by atoms with Gasteiger partial charge < -0.3 is 40.9 Å². The average molecular weight is 727 g/mol. The van der Waals surface area contributed by atoms with Crippen molar-refractivity contribution in [3.05, 3.63) is 101 Å². The van der Waals surface area contributed by atoms with Gasteiger partial charge in [-0.3, -0.25) is 19.2 Å². The Morgan fingerprint density at radius 3 is 1.47 bits per heavy atom. The van der Waals surface area contributed by atoms with Crippen LogP contribution in [0.15, 0.2) is 72.8 Å². The molecule has 6 rings (SSSR count). The van der Waals surface area contributed by atoms with Gasteiger partial charge >= 0.3 is 17.9 Å². The molecule has 12 heteroatoms. The molecule has 0 radical (unpaired) electrons. The lowest BCUT2D eigenvalue weighted by Crippen LogP contribution is -2.48. The van der Waals surface area contributed by atoms with Gasteiger partial charge in [-0.15, -0.1) is 0 Å². The molecule has 6 N–H and O–H groups in total. The van der Waals surface area contributed by atoms with Crippen molar-refractivity contribution in [2.45, 2.75) is 32.2 Å². The molecule has 3 heterocycles. The SMILES string of the molecule is O=C(O)C(Cc1cccc(CC(=O)N(CCOc2cccc(CC(C(=O)O)C3CNC3)c2)Cc2cccc(CC(C(=O)O)C3CNC3)c2)c1)C1CNC1. The number of ether oxygens (including phenoxy) is 1. The zero-order valence-electron chi connectivity index (χ0n) is 29.9. The lowest BCUT2D eigenvalue weighted by atomic mass is 9.83. The van der Waals surface area contributed by atoms with Gasteiger partial charge in [0.1, 0.15) is 12.4 Å². The van der Waals surface area contributed by atoms with Gasteiger partial charge in [0.05, 0.1) is 30.7 Å². The molecule has 3 fully saturated rings. The second-order valence-electron chi connectivity index (χ2n) is 14.8. The van der Waals surface area contributed by atoms with Crippen LogP contribution in [0, 0.1) is 35.5 Å². The third-order valence-electron chi connectivity index (χ3n) is 11.1. The Labute approximate surface area is 309 Å².